The smallest absolute Gasteiger partial charge is 0.324 e. The van der Waals surface area contributed by atoms with E-state index in [1.165, 1.54) is 31.3 Å². The molecule has 1 N–H and O–H groups in total. The number of amides is 1. The van der Waals surface area contributed by atoms with Gasteiger partial charge in [0.15, 0.2) is 0 Å². The summed E-state index contributed by atoms with van der Waals surface area (Å²) in [4.78, 5) is 12.4. The summed E-state index contributed by atoms with van der Waals surface area (Å²) < 4.78 is 88.0. The molecule has 1 amide bonds. The summed E-state index contributed by atoms with van der Waals surface area (Å²) in [6.07, 6.45) is -2.92. The molecule has 8 nitrogen and oxygen atoms in total. The Labute approximate surface area is 178 Å². The molecule has 0 heterocycles. The molecule has 2 rings (SSSR count). The maximum Gasteiger partial charge on any atom is 0.416 e. The average Bonchev–Trinajstić information content (AvgIpc) is 2.63. The molecule has 0 aromatic heterocycles. The van der Waals surface area contributed by atoms with E-state index in [1.807, 2.05) is 0 Å². The Morgan fingerprint density at radius 2 is 1.52 bits per heavy atom. The molecule has 2 aromatic carbocycles. The molecule has 0 spiro atoms. The highest BCUT2D eigenvalue weighted by molar-refractivity contribution is 7.92. The Hall–Kier alpha value is -2.80. The number of benzene rings is 2. The van der Waals surface area contributed by atoms with Crippen LogP contribution in [0.5, 0.6) is 0 Å². The zero-order valence-corrected chi connectivity index (χ0v) is 18.3. The Kier molecular flexibility index (Phi) is 6.90. The van der Waals surface area contributed by atoms with E-state index in [-0.39, 0.29) is 17.1 Å². The quantitative estimate of drug-likeness (QED) is 0.657. The maximum atomic E-state index is 13.0. The Morgan fingerprint density at radius 3 is 2.06 bits per heavy atom. The fourth-order valence-electron chi connectivity index (χ4n) is 2.54. The second kappa shape index (κ2) is 8.75. The topological polar surface area (TPSA) is 104 Å². The summed E-state index contributed by atoms with van der Waals surface area (Å²) in [5.74, 6) is -0.831. The Morgan fingerprint density at radius 1 is 0.935 bits per heavy atom. The standard InChI is InChI=1S/C18H20F3N3O5S2/c1-23(30(2,26)27)15-8-5-7-14(11-15)22-17(25)12-24(31(3,28)29)16-9-4-6-13(10-16)18(19,20)21/h4-11H,12H2,1-3H3,(H,22,25). The van der Waals surface area contributed by atoms with Crippen molar-refractivity contribution < 1.29 is 34.8 Å². The zero-order chi connectivity index (χ0) is 23.6. The molecule has 0 bridgehead atoms. The number of alkyl halides is 3. The second-order valence-corrected chi connectivity index (χ2v) is 10.6. The van der Waals surface area contributed by atoms with Crippen LogP contribution in [0.1, 0.15) is 5.56 Å². The van der Waals surface area contributed by atoms with E-state index in [4.69, 9.17) is 0 Å². The van der Waals surface area contributed by atoms with E-state index < -0.39 is 44.2 Å². The summed E-state index contributed by atoms with van der Waals surface area (Å²) in [6, 6.07) is 9.38. The molecule has 0 unspecified atom stereocenters. The lowest BCUT2D eigenvalue weighted by Crippen LogP contribution is -2.37. The molecular weight excluding hydrogens is 459 g/mol. The van der Waals surface area contributed by atoms with Crippen LogP contribution in [-0.4, -0.2) is 48.8 Å². The van der Waals surface area contributed by atoms with Gasteiger partial charge in [-0.1, -0.05) is 12.1 Å². The number of hydrogen-bond donors (Lipinski definition) is 1. The minimum atomic E-state index is -4.69. The number of sulfonamides is 2. The van der Waals surface area contributed by atoms with Crippen LogP contribution in [-0.2, 0) is 31.0 Å². The van der Waals surface area contributed by atoms with E-state index in [1.54, 1.807) is 0 Å². The Bertz CT molecular complexity index is 1180. The molecule has 0 radical (unpaired) electrons. The van der Waals surface area contributed by atoms with E-state index in [9.17, 15) is 34.8 Å². The van der Waals surface area contributed by atoms with E-state index in [2.05, 4.69) is 5.32 Å². The van der Waals surface area contributed by atoms with Gasteiger partial charge in [-0.2, -0.15) is 13.2 Å². The number of halogens is 3. The van der Waals surface area contributed by atoms with Gasteiger partial charge in [0.1, 0.15) is 6.54 Å². The molecule has 31 heavy (non-hydrogen) atoms. The number of rotatable bonds is 7. The van der Waals surface area contributed by atoms with Crippen molar-refractivity contribution in [3.63, 3.8) is 0 Å². The van der Waals surface area contributed by atoms with Gasteiger partial charge in [-0.05, 0) is 36.4 Å². The summed E-state index contributed by atoms with van der Waals surface area (Å²) in [7, 11) is -6.33. The SMILES string of the molecule is CN(c1cccc(NC(=O)CN(c2cccc(C(F)(F)F)c2)S(C)(=O)=O)c1)S(C)(=O)=O. The Balaban J connectivity index is 2.28. The number of carbonyl (C=O) groups is 1. The normalized spacial score (nSPS) is 12.3. The van der Waals surface area contributed by atoms with E-state index in [0.717, 1.165) is 35.0 Å². The highest BCUT2D eigenvalue weighted by Crippen LogP contribution is 2.32. The van der Waals surface area contributed by atoms with Gasteiger partial charge in [0, 0.05) is 12.7 Å². The first-order valence-corrected chi connectivity index (χ1v) is 12.3. The summed E-state index contributed by atoms with van der Waals surface area (Å²) in [5.41, 5.74) is -0.956. The molecular formula is C18H20F3N3O5S2. The van der Waals surface area contributed by atoms with E-state index in [0.29, 0.717) is 10.4 Å². The van der Waals surface area contributed by atoms with Gasteiger partial charge >= 0.3 is 6.18 Å². The van der Waals surface area contributed by atoms with Crippen molar-refractivity contribution in [3.05, 3.63) is 54.1 Å². The second-order valence-electron chi connectivity index (χ2n) is 6.65. The van der Waals surface area contributed by atoms with Gasteiger partial charge in [0.25, 0.3) is 0 Å². The van der Waals surface area contributed by atoms with Crippen LogP contribution >= 0.6 is 0 Å². The maximum absolute atomic E-state index is 13.0. The largest absolute Gasteiger partial charge is 0.416 e. The third-order valence-corrected chi connectivity index (χ3v) is 6.49. The molecule has 0 fully saturated rings. The summed E-state index contributed by atoms with van der Waals surface area (Å²) in [5, 5.41) is 2.42. The molecule has 170 valence electrons. The molecule has 0 atom stereocenters. The predicted octanol–water partition coefficient (Wildman–Crippen LogP) is 2.51. The van der Waals surface area contributed by atoms with Crippen LogP contribution in [0.2, 0.25) is 0 Å². The molecule has 0 aliphatic rings. The van der Waals surface area contributed by atoms with Crippen molar-refractivity contribution in [1.82, 2.24) is 0 Å². The fraction of sp³-hybridized carbons (Fsp3) is 0.278. The first-order chi connectivity index (χ1) is 14.1. The zero-order valence-electron chi connectivity index (χ0n) is 16.7. The molecule has 0 aliphatic heterocycles. The molecule has 2 aromatic rings. The van der Waals surface area contributed by atoms with Crippen LogP contribution in [0.3, 0.4) is 0 Å². The fourth-order valence-corrected chi connectivity index (χ4v) is 3.88. The van der Waals surface area contributed by atoms with Crippen LogP contribution in [0.15, 0.2) is 48.5 Å². The van der Waals surface area contributed by atoms with Crippen LogP contribution in [0, 0.1) is 0 Å². The van der Waals surface area contributed by atoms with Gasteiger partial charge in [-0.25, -0.2) is 16.8 Å². The molecule has 0 aliphatic carbocycles. The summed E-state index contributed by atoms with van der Waals surface area (Å²) >= 11 is 0. The minimum Gasteiger partial charge on any atom is -0.324 e. The predicted molar refractivity (Wildman–Crippen MR) is 112 cm³/mol. The third-order valence-electron chi connectivity index (χ3n) is 4.14. The highest BCUT2D eigenvalue weighted by atomic mass is 32.2. The van der Waals surface area contributed by atoms with Crippen molar-refractivity contribution in [2.24, 2.45) is 0 Å². The van der Waals surface area contributed by atoms with Crippen molar-refractivity contribution >= 4 is 43.0 Å². The number of nitrogens with one attached hydrogen (secondary N) is 1. The summed E-state index contributed by atoms with van der Waals surface area (Å²) in [6.45, 7) is -0.785. The number of nitrogens with zero attached hydrogens (tertiary/aromatic N) is 2. The first-order valence-electron chi connectivity index (χ1n) is 8.58. The van der Waals surface area contributed by atoms with Gasteiger partial charge < -0.3 is 5.32 Å². The van der Waals surface area contributed by atoms with Crippen molar-refractivity contribution in [1.29, 1.82) is 0 Å². The average molecular weight is 480 g/mol. The van der Waals surface area contributed by atoms with Crippen molar-refractivity contribution in [3.8, 4) is 0 Å². The van der Waals surface area contributed by atoms with Gasteiger partial charge in [-0.3, -0.25) is 13.4 Å². The van der Waals surface area contributed by atoms with Crippen LogP contribution in [0.4, 0.5) is 30.2 Å². The minimum absolute atomic E-state index is 0.176. The first kappa shape index (κ1) is 24.5. The van der Waals surface area contributed by atoms with Crippen LogP contribution in [0.25, 0.3) is 0 Å². The van der Waals surface area contributed by atoms with Crippen LogP contribution < -0.4 is 13.9 Å². The van der Waals surface area contributed by atoms with Gasteiger partial charge in [-0.15, -0.1) is 0 Å². The number of anilines is 3. The lowest BCUT2D eigenvalue weighted by atomic mass is 10.2. The van der Waals surface area contributed by atoms with Crippen molar-refractivity contribution in [2.75, 3.05) is 40.0 Å². The third kappa shape index (κ3) is 6.59. The lowest BCUT2D eigenvalue weighted by Gasteiger charge is -2.23. The monoisotopic (exact) mass is 479 g/mol. The lowest BCUT2D eigenvalue weighted by molar-refractivity contribution is -0.137. The van der Waals surface area contributed by atoms with E-state index >= 15 is 0 Å². The molecule has 0 saturated carbocycles. The van der Waals surface area contributed by atoms with Gasteiger partial charge in [0.05, 0.1) is 29.4 Å². The molecule has 13 heteroatoms. The highest BCUT2D eigenvalue weighted by Gasteiger charge is 2.32. The molecule has 0 saturated heterocycles. The van der Waals surface area contributed by atoms with Crippen molar-refractivity contribution in [2.45, 2.75) is 6.18 Å². The number of carbonyl (C=O) groups excluding carboxylic acids is 1. The number of hydrogen-bond acceptors (Lipinski definition) is 5. The van der Waals surface area contributed by atoms with Gasteiger partial charge in [0.2, 0.25) is 26.0 Å².